The van der Waals surface area contributed by atoms with Gasteiger partial charge in [0, 0.05) is 30.3 Å². The van der Waals surface area contributed by atoms with E-state index in [1.54, 1.807) is 30.6 Å². The number of anilines is 3. The minimum Gasteiger partial charge on any atom is -0.497 e. The van der Waals surface area contributed by atoms with Crippen LogP contribution in [0.5, 0.6) is 11.5 Å². The van der Waals surface area contributed by atoms with Crippen LogP contribution in [0.3, 0.4) is 0 Å². The smallest absolute Gasteiger partial charge is 0.265 e. The summed E-state index contributed by atoms with van der Waals surface area (Å²) < 4.78 is 11.0. The van der Waals surface area contributed by atoms with Gasteiger partial charge in [-0.1, -0.05) is 18.2 Å². The molecule has 2 aromatic heterocycles. The molecule has 164 valence electrons. The lowest BCUT2D eigenvalue weighted by molar-refractivity contribution is -0.121. The summed E-state index contributed by atoms with van der Waals surface area (Å²) in [7, 11) is 1.64. The first kappa shape index (κ1) is 20.5. The number of benzene rings is 2. The molecule has 0 aliphatic carbocycles. The van der Waals surface area contributed by atoms with Crippen LogP contribution < -0.4 is 19.7 Å². The summed E-state index contributed by atoms with van der Waals surface area (Å²) in [6.07, 6.45) is 5.25. The lowest BCUT2D eigenvalue weighted by atomic mass is 10.0. The Morgan fingerprint density at radius 1 is 1.03 bits per heavy atom. The Labute approximate surface area is 191 Å². The lowest BCUT2D eigenvalue weighted by Gasteiger charge is -2.30. The third-order valence-corrected chi connectivity index (χ3v) is 5.40. The molecule has 0 bridgehead atoms. The van der Waals surface area contributed by atoms with Gasteiger partial charge in [0.25, 0.3) is 5.91 Å². The molecule has 1 aliphatic rings. The standard InChI is InChI=1S/C26H22N4O3/c1-32-22-6-2-5-21(14-22)29-25-13-20(9-11-28-25)19-7-8-24-23(12-19)30(26(31)17-33-24)16-18-4-3-10-27-15-18/h2-15H,16-17H2,1H3,(H,28,29). The van der Waals surface area contributed by atoms with Crippen LogP contribution >= 0.6 is 0 Å². The first-order valence-electron chi connectivity index (χ1n) is 10.5. The molecular formula is C26H22N4O3. The third kappa shape index (κ3) is 4.48. The number of hydrogen-bond donors (Lipinski definition) is 1. The van der Waals surface area contributed by atoms with E-state index in [2.05, 4.69) is 15.3 Å². The van der Waals surface area contributed by atoms with E-state index in [1.807, 2.05) is 66.7 Å². The van der Waals surface area contributed by atoms with Gasteiger partial charge in [0.1, 0.15) is 17.3 Å². The number of carbonyl (C=O) groups excluding carboxylic acids is 1. The van der Waals surface area contributed by atoms with Crippen molar-refractivity contribution >= 4 is 23.1 Å². The van der Waals surface area contributed by atoms with Crippen molar-refractivity contribution in [3.63, 3.8) is 0 Å². The van der Waals surface area contributed by atoms with Gasteiger partial charge in [-0.05, 0) is 59.2 Å². The van der Waals surface area contributed by atoms with Gasteiger partial charge < -0.3 is 19.7 Å². The fourth-order valence-corrected chi connectivity index (χ4v) is 3.76. The molecule has 0 unspecified atom stereocenters. The molecule has 0 spiro atoms. The molecule has 0 saturated heterocycles. The van der Waals surface area contributed by atoms with Gasteiger partial charge in [-0.2, -0.15) is 0 Å². The number of methoxy groups -OCH3 is 1. The summed E-state index contributed by atoms with van der Waals surface area (Å²) in [5.41, 5.74) is 4.51. The topological polar surface area (TPSA) is 76.6 Å². The molecular weight excluding hydrogens is 416 g/mol. The highest BCUT2D eigenvalue weighted by molar-refractivity contribution is 5.98. The average molecular weight is 438 g/mol. The van der Waals surface area contributed by atoms with Crippen LogP contribution in [0, 0.1) is 0 Å². The van der Waals surface area contributed by atoms with E-state index in [-0.39, 0.29) is 12.5 Å². The maximum absolute atomic E-state index is 12.7. The average Bonchev–Trinajstić information content (AvgIpc) is 2.86. The Morgan fingerprint density at radius 3 is 2.79 bits per heavy atom. The van der Waals surface area contributed by atoms with Gasteiger partial charge >= 0.3 is 0 Å². The second kappa shape index (κ2) is 9.00. The molecule has 3 heterocycles. The summed E-state index contributed by atoms with van der Waals surface area (Å²) in [6, 6.07) is 21.3. The van der Waals surface area contributed by atoms with E-state index in [4.69, 9.17) is 9.47 Å². The van der Waals surface area contributed by atoms with E-state index in [0.29, 0.717) is 18.1 Å². The maximum atomic E-state index is 12.7. The quantitative estimate of drug-likeness (QED) is 0.465. The van der Waals surface area contributed by atoms with E-state index in [1.165, 1.54) is 0 Å². The second-order valence-electron chi connectivity index (χ2n) is 7.60. The van der Waals surface area contributed by atoms with Gasteiger partial charge in [0.2, 0.25) is 0 Å². The number of rotatable bonds is 6. The Bertz CT molecular complexity index is 1290. The van der Waals surface area contributed by atoms with Gasteiger partial charge in [-0.25, -0.2) is 4.98 Å². The molecule has 33 heavy (non-hydrogen) atoms. The predicted octanol–water partition coefficient (Wildman–Crippen LogP) is 4.82. The molecule has 1 amide bonds. The molecule has 5 rings (SSSR count). The van der Waals surface area contributed by atoms with Crippen LogP contribution in [0.1, 0.15) is 5.56 Å². The number of fused-ring (bicyclic) bond motifs is 1. The van der Waals surface area contributed by atoms with Crippen LogP contribution in [0.25, 0.3) is 11.1 Å². The number of ether oxygens (including phenoxy) is 2. The van der Waals surface area contributed by atoms with E-state index < -0.39 is 0 Å². The maximum Gasteiger partial charge on any atom is 0.265 e. The number of aromatic nitrogens is 2. The van der Waals surface area contributed by atoms with Crippen LogP contribution in [-0.2, 0) is 11.3 Å². The van der Waals surface area contributed by atoms with Crippen molar-refractivity contribution < 1.29 is 14.3 Å². The van der Waals surface area contributed by atoms with Gasteiger partial charge in [-0.15, -0.1) is 0 Å². The highest BCUT2D eigenvalue weighted by Gasteiger charge is 2.26. The second-order valence-corrected chi connectivity index (χ2v) is 7.60. The number of nitrogens with one attached hydrogen (secondary N) is 1. The highest BCUT2D eigenvalue weighted by Crippen LogP contribution is 2.37. The normalized spacial score (nSPS) is 12.6. The number of amides is 1. The van der Waals surface area contributed by atoms with Crippen molar-refractivity contribution in [2.45, 2.75) is 6.54 Å². The summed E-state index contributed by atoms with van der Waals surface area (Å²) >= 11 is 0. The van der Waals surface area contributed by atoms with Gasteiger partial charge in [-0.3, -0.25) is 9.78 Å². The molecule has 0 radical (unpaired) electrons. The molecule has 7 nitrogen and oxygen atoms in total. The van der Waals surface area contributed by atoms with Crippen molar-refractivity contribution in [1.29, 1.82) is 0 Å². The fourth-order valence-electron chi connectivity index (χ4n) is 3.76. The number of carbonyl (C=O) groups is 1. The molecule has 1 N–H and O–H groups in total. The van der Waals surface area contributed by atoms with Crippen molar-refractivity contribution in [1.82, 2.24) is 9.97 Å². The van der Waals surface area contributed by atoms with Gasteiger partial charge in [0.15, 0.2) is 6.61 Å². The zero-order chi connectivity index (χ0) is 22.6. The van der Waals surface area contributed by atoms with Crippen molar-refractivity contribution in [2.24, 2.45) is 0 Å². The number of nitrogens with zero attached hydrogens (tertiary/aromatic N) is 3. The molecule has 0 atom stereocenters. The monoisotopic (exact) mass is 438 g/mol. The predicted molar refractivity (Wildman–Crippen MR) is 127 cm³/mol. The van der Waals surface area contributed by atoms with E-state index in [0.717, 1.165) is 33.8 Å². The van der Waals surface area contributed by atoms with Gasteiger partial charge in [0.05, 0.1) is 19.3 Å². The minimum atomic E-state index is -0.0846. The van der Waals surface area contributed by atoms with E-state index in [9.17, 15) is 4.79 Å². The van der Waals surface area contributed by atoms with Crippen molar-refractivity contribution in [2.75, 3.05) is 23.9 Å². The first-order valence-corrected chi connectivity index (χ1v) is 10.5. The van der Waals surface area contributed by atoms with Crippen LogP contribution in [0.2, 0.25) is 0 Å². The molecule has 0 fully saturated rings. The Hall–Kier alpha value is -4.39. The Kier molecular flexibility index (Phi) is 5.59. The summed E-state index contributed by atoms with van der Waals surface area (Å²) in [5.74, 6) is 2.08. The van der Waals surface area contributed by atoms with Crippen LogP contribution in [0.4, 0.5) is 17.2 Å². The minimum absolute atomic E-state index is 0.0243. The fraction of sp³-hybridized carbons (Fsp3) is 0.115. The first-order chi connectivity index (χ1) is 16.2. The number of hydrogen-bond acceptors (Lipinski definition) is 6. The molecule has 0 saturated carbocycles. The highest BCUT2D eigenvalue weighted by atomic mass is 16.5. The zero-order valence-electron chi connectivity index (χ0n) is 18.1. The van der Waals surface area contributed by atoms with Crippen molar-refractivity contribution in [3.8, 4) is 22.6 Å². The third-order valence-electron chi connectivity index (χ3n) is 5.40. The zero-order valence-corrected chi connectivity index (χ0v) is 18.1. The molecule has 1 aliphatic heterocycles. The molecule has 7 heteroatoms. The Morgan fingerprint density at radius 2 is 1.94 bits per heavy atom. The summed E-state index contributed by atoms with van der Waals surface area (Å²) in [5, 5.41) is 3.31. The molecule has 2 aromatic carbocycles. The number of pyridine rings is 2. The lowest BCUT2D eigenvalue weighted by Crippen LogP contribution is -2.38. The largest absolute Gasteiger partial charge is 0.497 e. The van der Waals surface area contributed by atoms with Crippen LogP contribution in [0.15, 0.2) is 85.3 Å². The van der Waals surface area contributed by atoms with E-state index >= 15 is 0 Å². The summed E-state index contributed by atoms with van der Waals surface area (Å²) in [4.78, 5) is 23.0. The Balaban J connectivity index is 1.45. The summed E-state index contributed by atoms with van der Waals surface area (Å²) in [6.45, 7) is 0.460. The SMILES string of the molecule is COc1cccc(Nc2cc(-c3ccc4c(c3)N(Cc3cccnc3)C(=O)CO4)ccn2)c1. The van der Waals surface area contributed by atoms with Crippen molar-refractivity contribution in [3.05, 3.63) is 90.9 Å². The van der Waals surface area contributed by atoms with Crippen LogP contribution in [-0.4, -0.2) is 29.6 Å². The molecule has 4 aromatic rings.